The molecule has 6 saturated carbocycles. The van der Waals surface area contributed by atoms with Crippen LogP contribution in [0.25, 0.3) is 0 Å². The molecule has 4 heterocycles. The van der Waals surface area contributed by atoms with Crippen molar-refractivity contribution in [1.82, 2.24) is 4.90 Å². The first kappa shape index (κ1) is 15.5. The fourth-order valence-corrected chi connectivity index (χ4v) is 10.6. The minimum absolute atomic E-state index is 0.0577. The van der Waals surface area contributed by atoms with Gasteiger partial charge in [-0.1, -0.05) is 20.4 Å². The summed E-state index contributed by atoms with van der Waals surface area (Å²) in [7, 11) is 0. The number of nitrogens with zero attached hydrogens (tertiary/aromatic N) is 1. The van der Waals surface area contributed by atoms with E-state index in [1.807, 2.05) is 0 Å². The van der Waals surface area contributed by atoms with Crippen LogP contribution in [0.4, 0.5) is 0 Å². The molecule has 0 aromatic heterocycles. The summed E-state index contributed by atoms with van der Waals surface area (Å²) in [5, 5.41) is 23.0. The van der Waals surface area contributed by atoms with Crippen LogP contribution < -0.4 is 0 Å². The van der Waals surface area contributed by atoms with Crippen LogP contribution in [0.1, 0.15) is 46.0 Å². The highest BCUT2D eigenvalue weighted by Gasteiger charge is 2.89. The van der Waals surface area contributed by atoms with E-state index in [0.717, 1.165) is 31.4 Å². The van der Waals surface area contributed by atoms with Crippen LogP contribution >= 0.6 is 0 Å². The average molecular weight is 357 g/mol. The van der Waals surface area contributed by atoms with Crippen molar-refractivity contribution in [3.63, 3.8) is 0 Å². The van der Waals surface area contributed by atoms with E-state index in [1.54, 1.807) is 0 Å². The Balaban J connectivity index is 1.53. The number of aliphatic hydroxyl groups excluding tert-OH is 2. The molecule has 142 valence electrons. The van der Waals surface area contributed by atoms with E-state index in [9.17, 15) is 10.2 Å². The molecule has 2 N–H and O–H groups in total. The number of hydrogen-bond donors (Lipinski definition) is 2. The molecule has 26 heavy (non-hydrogen) atoms. The highest BCUT2D eigenvalue weighted by atomic mass is 16.5. The molecule has 4 heteroatoms. The van der Waals surface area contributed by atoms with Gasteiger partial charge < -0.3 is 14.9 Å². The zero-order valence-corrected chi connectivity index (χ0v) is 15.9. The number of aliphatic hydroxyl groups is 2. The number of piperidine rings is 1. The van der Waals surface area contributed by atoms with Crippen LogP contribution in [-0.2, 0) is 4.74 Å². The number of fused-ring (bicyclic) bond motifs is 3. The molecule has 10 fully saturated rings. The Bertz CT molecular complexity index is 739. The Labute approximate surface area is 155 Å². The Kier molecular flexibility index (Phi) is 2.46. The average Bonchev–Trinajstić information content (AvgIpc) is 3.09. The molecule has 2 spiro atoms. The molecule has 10 rings (SSSR count). The monoisotopic (exact) mass is 357 g/mol. The number of hydrogen-bond acceptors (Lipinski definition) is 4. The summed E-state index contributed by atoms with van der Waals surface area (Å²) < 4.78 is 6.77. The van der Waals surface area contributed by atoms with Gasteiger partial charge in [0.05, 0.1) is 18.3 Å². The van der Waals surface area contributed by atoms with Crippen molar-refractivity contribution >= 4 is 0 Å². The molecular weight excluding hydrogens is 326 g/mol. The highest BCUT2D eigenvalue weighted by molar-refractivity contribution is 5.41. The molecule has 4 saturated heterocycles. The van der Waals surface area contributed by atoms with Crippen molar-refractivity contribution in [2.24, 2.45) is 39.9 Å². The van der Waals surface area contributed by atoms with Gasteiger partial charge in [0, 0.05) is 34.1 Å². The van der Waals surface area contributed by atoms with Crippen LogP contribution in [0.15, 0.2) is 12.2 Å². The summed E-state index contributed by atoms with van der Waals surface area (Å²) in [5.41, 5.74) is 1.05. The number of ether oxygens (including phenoxy) is 1. The van der Waals surface area contributed by atoms with Crippen molar-refractivity contribution in [2.45, 2.75) is 76.5 Å². The molecule has 12 atom stereocenters. The van der Waals surface area contributed by atoms with Gasteiger partial charge in [0.1, 0.15) is 6.23 Å². The first-order chi connectivity index (χ1) is 12.4. The molecular formula is C22H31NO3. The van der Waals surface area contributed by atoms with Crippen molar-refractivity contribution in [3.05, 3.63) is 12.2 Å². The van der Waals surface area contributed by atoms with Gasteiger partial charge in [0.2, 0.25) is 0 Å². The molecule has 9 bridgehead atoms. The van der Waals surface area contributed by atoms with Gasteiger partial charge in [-0.2, -0.15) is 0 Å². The van der Waals surface area contributed by atoms with Gasteiger partial charge in [0.15, 0.2) is 0 Å². The third-order valence-electron chi connectivity index (χ3n) is 11.0. The topological polar surface area (TPSA) is 52.9 Å². The first-order valence-corrected chi connectivity index (χ1v) is 10.9. The van der Waals surface area contributed by atoms with Crippen molar-refractivity contribution in [2.75, 3.05) is 6.54 Å². The molecule has 0 unspecified atom stereocenters. The van der Waals surface area contributed by atoms with Crippen molar-refractivity contribution < 1.29 is 14.9 Å². The fraction of sp³-hybridized carbons (Fsp3) is 0.909. The molecule has 0 amide bonds. The van der Waals surface area contributed by atoms with E-state index in [-0.39, 0.29) is 46.5 Å². The zero-order chi connectivity index (χ0) is 17.8. The summed E-state index contributed by atoms with van der Waals surface area (Å²) in [4.78, 5) is 2.66. The van der Waals surface area contributed by atoms with Gasteiger partial charge in [-0.25, -0.2) is 0 Å². The SMILES string of the molecule is C=C1[C@H]2CC[C@@]3([C@@H]1O)[C@@H]([C@H]2O)[C@]12[C@@H]4CC[C@]5(C)[C@H]1C[C@H]3[C@H]2N(CC)[C@@H]5O4. The van der Waals surface area contributed by atoms with Gasteiger partial charge >= 0.3 is 0 Å². The van der Waals surface area contributed by atoms with Crippen molar-refractivity contribution in [1.29, 1.82) is 0 Å². The lowest BCUT2D eigenvalue weighted by atomic mass is 9.37. The van der Waals surface area contributed by atoms with Gasteiger partial charge in [0.25, 0.3) is 0 Å². The maximum absolute atomic E-state index is 11.6. The van der Waals surface area contributed by atoms with Crippen LogP contribution in [0.5, 0.6) is 0 Å². The first-order valence-electron chi connectivity index (χ1n) is 10.9. The third kappa shape index (κ3) is 1.12. The molecule has 0 radical (unpaired) electrons. The minimum Gasteiger partial charge on any atom is -0.392 e. The molecule has 4 nitrogen and oxygen atoms in total. The second-order valence-corrected chi connectivity index (χ2v) is 10.9. The maximum Gasteiger partial charge on any atom is 0.116 e. The standard InChI is InChI=1S/C22H31NO3/c1-4-23-17-12-9-13-20(3)7-6-14(26-19(20)23)22(13,17)16-15(24)11-5-8-21(12,16)18(25)10(11)2/h11-19,24-25H,2,4-9H2,1,3H3/t11-,12+,13-,14+,15+,16-,17-,18-,19-,20-,21+,22-/m1/s1. The second-order valence-electron chi connectivity index (χ2n) is 10.9. The van der Waals surface area contributed by atoms with Gasteiger partial charge in [-0.3, -0.25) is 4.90 Å². The third-order valence-corrected chi connectivity index (χ3v) is 11.0. The number of rotatable bonds is 1. The summed E-state index contributed by atoms with van der Waals surface area (Å²) in [6.07, 6.45) is 5.49. The summed E-state index contributed by atoms with van der Waals surface area (Å²) in [5.74, 6) is 1.44. The largest absolute Gasteiger partial charge is 0.392 e. The summed E-state index contributed by atoms with van der Waals surface area (Å²) in [6, 6.07) is 0.494. The van der Waals surface area contributed by atoms with Gasteiger partial charge in [-0.15, -0.1) is 0 Å². The summed E-state index contributed by atoms with van der Waals surface area (Å²) >= 11 is 0. The van der Waals surface area contributed by atoms with Gasteiger partial charge in [-0.05, 0) is 56.1 Å². The summed E-state index contributed by atoms with van der Waals surface area (Å²) in [6.45, 7) is 10.0. The predicted octanol–water partition coefficient (Wildman–Crippen LogP) is 2.16. The van der Waals surface area contributed by atoms with Crippen LogP contribution in [-0.4, -0.2) is 52.2 Å². The van der Waals surface area contributed by atoms with Crippen LogP contribution in [0.2, 0.25) is 0 Å². The van der Waals surface area contributed by atoms with E-state index in [2.05, 4.69) is 25.3 Å². The van der Waals surface area contributed by atoms with E-state index < -0.39 is 6.10 Å². The fourth-order valence-electron chi connectivity index (χ4n) is 10.6. The lowest BCUT2D eigenvalue weighted by molar-refractivity contribution is -0.380. The lowest BCUT2D eigenvalue weighted by Gasteiger charge is -2.75. The Morgan fingerprint density at radius 3 is 2.85 bits per heavy atom. The predicted molar refractivity (Wildman–Crippen MR) is 96.0 cm³/mol. The van der Waals surface area contributed by atoms with Crippen LogP contribution in [0, 0.1) is 39.9 Å². The van der Waals surface area contributed by atoms with E-state index in [0.29, 0.717) is 17.9 Å². The minimum atomic E-state index is -0.426. The molecule has 4 aliphatic heterocycles. The van der Waals surface area contributed by atoms with E-state index >= 15 is 0 Å². The highest BCUT2D eigenvalue weighted by Crippen LogP contribution is 2.86. The molecule has 0 aromatic rings. The quantitative estimate of drug-likeness (QED) is 0.706. The van der Waals surface area contributed by atoms with Crippen molar-refractivity contribution in [3.8, 4) is 0 Å². The molecule has 6 aliphatic carbocycles. The van der Waals surface area contributed by atoms with E-state index in [1.165, 1.54) is 12.8 Å². The van der Waals surface area contributed by atoms with E-state index in [4.69, 9.17) is 4.74 Å². The zero-order valence-electron chi connectivity index (χ0n) is 15.9. The smallest absolute Gasteiger partial charge is 0.116 e. The Morgan fingerprint density at radius 1 is 1.27 bits per heavy atom. The normalized spacial score (nSPS) is 69.5. The Morgan fingerprint density at radius 2 is 2.08 bits per heavy atom. The molecule has 10 aliphatic rings. The van der Waals surface area contributed by atoms with Crippen LogP contribution in [0.3, 0.4) is 0 Å². The lowest BCUT2D eigenvalue weighted by Crippen LogP contribution is -2.80. The maximum atomic E-state index is 11.6. The second kappa shape index (κ2) is 4.12. The molecule has 0 aromatic carbocycles. The Hall–Kier alpha value is -0.420.